The fourth-order valence-corrected chi connectivity index (χ4v) is 2.15. The predicted molar refractivity (Wildman–Crippen MR) is 74.3 cm³/mol. The van der Waals surface area contributed by atoms with E-state index in [1.165, 1.54) is 11.6 Å². The molecular weight excluding hydrogens is 241 g/mol. The fraction of sp³-hybridized carbons (Fsp3) is 0.133. The van der Waals surface area contributed by atoms with E-state index in [1.54, 1.807) is 18.2 Å². The number of hydrogen-bond donors (Lipinski definition) is 2. The molecule has 0 aliphatic heterocycles. The van der Waals surface area contributed by atoms with Crippen LogP contribution in [0.25, 0.3) is 22.4 Å². The maximum absolute atomic E-state index is 13.7. The van der Waals surface area contributed by atoms with Gasteiger partial charge in [0, 0.05) is 6.54 Å². The molecule has 0 atom stereocenters. The quantitative estimate of drug-likeness (QED) is 0.755. The number of H-pyrrole nitrogens is 1. The largest absolute Gasteiger partial charge is 0.338 e. The molecule has 0 saturated carbocycles. The van der Waals surface area contributed by atoms with Crippen molar-refractivity contribution in [3.05, 3.63) is 53.8 Å². The number of aromatic amines is 1. The molecule has 0 bridgehead atoms. The van der Waals surface area contributed by atoms with Gasteiger partial charge in [0.1, 0.15) is 11.6 Å². The van der Waals surface area contributed by atoms with Gasteiger partial charge >= 0.3 is 0 Å². The summed E-state index contributed by atoms with van der Waals surface area (Å²) < 4.78 is 13.7. The summed E-state index contributed by atoms with van der Waals surface area (Å²) in [7, 11) is 1.90. The topological polar surface area (TPSA) is 40.7 Å². The van der Waals surface area contributed by atoms with Crippen LogP contribution in [0, 0.1) is 5.82 Å². The molecule has 1 heterocycles. The van der Waals surface area contributed by atoms with Crippen molar-refractivity contribution >= 4 is 11.0 Å². The van der Waals surface area contributed by atoms with E-state index < -0.39 is 0 Å². The van der Waals surface area contributed by atoms with Crippen LogP contribution in [-0.2, 0) is 6.54 Å². The summed E-state index contributed by atoms with van der Waals surface area (Å²) in [4.78, 5) is 7.60. The van der Waals surface area contributed by atoms with Crippen LogP contribution >= 0.6 is 0 Å². The number of imidazole rings is 1. The van der Waals surface area contributed by atoms with E-state index in [0.29, 0.717) is 11.4 Å². The summed E-state index contributed by atoms with van der Waals surface area (Å²) in [5.74, 6) is 0.298. The van der Waals surface area contributed by atoms with Crippen LogP contribution in [0.5, 0.6) is 0 Å². The van der Waals surface area contributed by atoms with Gasteiger partial charge in [0.25, 0.3) is 0 Å². The summed E-state index contributed by atoms with van der Waals surface area (Å²) in [6.07, 6.45) is 0. The third-order valence-corrected chi connectivity index (χ3v) is 3.06. The Morgan fingerprint density at radius 1 is 1.21 bits per heavy atom. The highest BCUT2D eigenvalue weighted by molar-refractivity contribution is 5.80. The average Bonchev–Trinajstić information content (AvgIpc) is 2.82. The zero-order valence-corrected chi connectivity index (χ0v) is 10.6. The second-order valence-electron chi connectivity index (χ2n) is 4.45. The molecule has 3 rings (SSSR count). The van der Waals surface area contributed by atoms with Gasteiger partial charge in [-0.05, 0) is 36.9 Å². The van der Waals surface area contributed by atoms with E-state index in [4.69, 9.17) is 0 Å². The van der Waals surface area contributed by atoms with E-state index >= 15 is 0 Å². The molecule has 0 spiro atoms. The first-order chi connectivity index (χ1) is 9.28. The molecule has 0 amide bonds. The minimum Gasteiger partial charge on any atom is -0.338 e. The van der Waals surface area contributed by atoms with Crippen LogP contribution < -0.4 is 5.32 Å². The monoisotopic (exact) mass is 255 g/mol. The number of nitrogens with zero attached hydrogens (tertiary/aromatic N) is 1. The van der Waals surface area contributed by atoms with E-state index in [0.717, 1.165) is 17.6 Å². The molecule has 19 heavy (non-hydrogen) atoms. The van der Waals surface area contributed by atoms with Gasteiger partial charge in [-0.1, -0.05) is 18.2 Å². The van der Waals surface area contributed by atoms with E-state index in [1.807, 2.05) is 25.2 Å². The molecule has 0 aliphatic carbocycles. The lowest BCUT2D eigenvalue weighted by Gasteiger charge is -1.98. The molecule has 2 aromatic carbocycles. The number of halogens is 1. The van der Waals surface area contributed by atoms with Gasteiger partial charge in [0.15, 0.2) is 0 Å². The first kappa shape index (κ1) is 11.9. The maximum Gasteiger partial charge on any atom is 0.141 e. The number of hydrogen-bond acceptors (Lipinski definition) is 2. The van der Waals surface area contributed by atoms with Gasteiger partial charge in [-0.3, -0.25) is 0 Å². The normalized spacial score (nSPS) is 11.1. The van der Waals surface area contributed by atoms with Crippen LogP contribution in [0.1, 0.15) is 5.56 Å². The lowest BCUT2D eigenvalue weighted by Crippen LogP contribution is -2.04. The van der Waals surface area contributed by atoms with Gasteiger partial charge in [-0.15, -0.1) is 0 Å². The Labute approximate surface area is 110 Å². The average molecular weight is 255 g/mol. The highest BCUT2D eigenvalue weighted by Gasteiger charge is 2.09. The Balaban J connectivity index is 2.09. The van der Waals surface area contributed by atoms with Crippen LogP contribution in [0.2, 0.25) is 0 Å². The lowest BCUT2D eigenvalue weighted by molar-refractivity contribution is 0.630. The van der Waals surface area contributed by atoms with E-state index in [9.17, 15) is 4.39 Å². The molecule has 96 valence electrons. The summed E-state index contributed by atoms with van der Waals surface area (Å²) >= 11 is 0. The number of nitrogens with one attached hydrogen (secondary N) is 2. The molecule has 0 saturated heterocycles. The summed E-state index contributed by atoms with van der Waals surface area (Å²) in [5, 5.41) is 3.10. The highest BCUT2D eigenvalue weighted by atomic mass is 19.1. The predicted octanol–water partition coefficient (Wildman–Crippen LogP) is 3.09. The van der Waals surface area contributed by atoms with Crippen LogP contribution in [0.4, 0.5) is 4.39 Å². The first-order valence-corrected chi connectivity index (χ1v) is 6.16. The SMILES string of the molecule is CNCc1ccc2nc(-c3ccccc3F)[nH]c2c1. The third-order valence-electron chi connectivity index (χ3n) is 3.06. The Kier molecular flexibility index (Phi) is 3.01. The maximum atomic E-state index is 13.7. The lowest BCUT2D eigenvalue weighted by atomic mass is 10.2. The second-order valence-corrected chi connectivity index (χ2v) is 4.45. The summed E-state index contributed by atoms with van der Waals surface area (Å²) in [5.41, 5.74) is 3.43. The van der Waals surface area contributed by atoms with Gasteiger partial charge in [0.05, 0.1) is 16.6 Å². The molecule has 4 heteroatoms. The van der Waals surface area contributed by atoms with E-state index in [-0.39, 0.29) is 5.82 Å². The van der Waals surface area contributed by atoms with Crippen molar-refractivity contribution in [1.82, 2.24) is 15.3 Å². The number of benzene rings is 2. The zero-order valence-electron chi connectivity index (χ0n) is 10.6. The van der Waals surface area contributed by atoms with E-state index in [2.05, 4.69) is 15.3 Å². The molecule has 0 radical (unpaired) electrons. The molecule has 2 N–H and O–H groups in total. The Bertz CT molecular complexity index is 718. The van der Waals surface area contributed by atoms with Crippen molar-refractivity contribution < 1.29 is 4.39 Å². The van der Waals surface area contributed by atoms with Gasteiger partial charge in [0.2, 0.25) is 0 Å². The van der Waals surface area contributed by atoms with Gasteiger partial charge in [-0.2, -0.15) is 0 Å². The van der Waals surface area contributed by atoms with Gasteiger partial charge in [-0.25, -0.2) is 9.37 Å². The minimum absolute atomic E-state index is 0.267. The van der Waals surface area contributed by atoms with Crippen LogP contribution in [-0.4, -0.2) is 17.0 Å². The van der Waals surface area contributed by atoms with Crippen molar-refractivity contribution in [3.8, 4) is 11.4 Å². The Hall–Kier alpha value is -2.20. The fourth-order valence-electron chi connectivity index (χ4n) is 2.15. The summed E-state index contributed by atoms with van der Waals surface area (Å²) in [6.45, 7) is 0.796. The Morgan fingerprint density at radius 3 is 2.84 bits per heavy atom. The first-order valence-electron chi connectivity index (χ1n) is 6.16. The van der Waals surface area contributed by atoms with Crippen molar-refractivity contribution in [1.29, 1.82) is 0 Å². The van der Waals surface area contributed by atoms with Crippen molar-refractivity contribution in [2.45, 2.75) is 6.54 Å². The third kappa shape index (κ3) is 2.22. The summed E-state index contributed by atoms with van der Waals surface area (Å²) in [6, 6.07) is 12.6. The standard InChI is InChI=1S/C15H14FN3/c1-17-9-10-6-7-13-14(8-10)19-15(18-13)11-4-2-3-5-12(11)16/h2-8,17H,9H2,1H3,(H,18,19). The molecule has 1 aromatic heterocycles. The number of fused-ring (bicyclic) bond motifs is 1. The van der Waals surface area contributed by atoms with Crippen LogP contribution in [0.3, 0.4) is 0 Å². The van der Waals surface area contributed by atoms with Crippen molar-refractivity contribution in [2.24, 2.45) is 0 Å². The zero-order chi connectivity index (χ0) is 13.2. The second kappa shape index (κ2) is 4.82. The smallest absolute Gasteiger partial charge is 0.141 e. The Morgan fingerprint density at radius 2 is 2.05 bits per heavy atom. The van der Waals surface area contributed by atoms with Crippen molar-refractivity contribution in [2.75, 3.05) is 7.05 Å². The molecule has 0 unspecified atom stereocenters. The van der Waals surface area contributed by atoms with Crippen molar-refractivity contribution in [3.63, 3.8) is 0 Å². The number of aromatic nitrogens is 2. The number of rotatable bonds is 3. The molecule has 0 fully saturated rings. The molecule has 3 nitrogen and oxygen atoms in total. The highest BCUT2D eigenvalue weighted by Crippen LogP contribution is 2.23. The van der Waals surface area contributed by atoms with Crippen LogP contribution in [0.15, 0.2) is 42.5 Å². The molecule has 0 aliphatic rings. The molecular formula is C15H14FN3. The molecule has 3 aromatic rings. The van der Waals surface area contributed by atoms with Gasteiger partial charge < -0.3 is 10.3 Å². The minimum atomic E-state index is -0.267.